The Balaban J connectivity index is 0.000000677. The van der Waals surface area contributed by atoms with Crippen LogP contribution in [0, 0.1) is 5.92 Å². The highest BCUT2D eigenvalue weighted by Gasteiger charge is 2.18. The molecule has 1 aliphatic rings. The van der Waals surface area contributed by atoms with Gasteiger partial charge in [0.1, 0.15) is 5.82 Å². The summed E-state index contributed by atoms with van der Waals surface area (Å²) in [6, 6.07) is 0. The number of nitrogens with one attached hydrogen (secondary N) is 2. The maximum Gasteiger partial charge on any atom is 0.290 e. The van der Waals surface area contributed by atoms with Gasteiger partial charge < -0.3 is 16.2 Å². The molecule has 9 heteroatoms. The Hall–Kier alpha value is -2.16. The number of likely N-dealkylation sites (tertiary alicyclic amines) is 1. The van der Waals surface area contributed by atoms with Crippen molar-refractivity contribution in [3.63, 3.8) is 0 Å². The minimum atomic E-state index is -0.250. The minimum Gasteiger partial charge on any atom is -0.483 e. The number of hydrogen-bond donors (Lipinski definition) is 4. The molecule has 0 aromatic carbocycles. The molecule has 0 radical (unpaired) electrons. The number of aromatic nitrogens is 3. The molecule has 2 rings (SSSR count). The lowest BCUT2D eigenvalue weighted by Crippen LogP contribution is -2.41. The standard InChI is InChI=1S/C11H20N6O.CH2O2/c1-8-3-2-4-17(6-8)7-10(18)13-5-9-14-11(12)16-15-9;2-1-3/h8H,2-7H2,1H3,(H,13,18)(H3,12,14,15,16);1H,(H,2,3). The monoisotopic (exact) mass is 298 g/mol. The molecule has 118 valence electrons. The molecule has 0 aliphatic carbocycles. The summed E-state index contributed by atoms with van der Waals surface area (Å²) in [7, 11) is 0. The highest BCUT2D eigenvalue weighted by Crippen LogP contribution is 2.14. The van der Waals surface area contributed by atoms with Crippen LogP contribution in [0.5, 0.6) is 0 Å². The van der Waals surface area contributed by atoms with Crippen molar-refractivity contribution in [3.05, 3.63) is 5.82 Å². The van der Waals surface area contributed by atoms with Crippen LogP contribution in [0.2, 0.25) is 0 Å². The molecule has 1 fully saturated rings. The molecule has 1 aliphatic heterocycles. The molecule has 0 bridgehead atoms. The van der Waals surface area contributed by atoms with Gasteiger partial charge in [0.25, 0.3) is 6.47 Å². The number of hydrogen-bond acceptors (Lipinski definition) is 6. The molecule has 0 spiro atoms. The number of anilines is 1. The predicted molar refractivity (Wildman–Crippen MR) is 76.2 cm³/mol. The van der Waals surface area contributed by atoms with Crippen molar-refractivity contribution in [2.45, 2.75) is 26.3 Å². The minimum absolute atomic E-state index is 0.0130. The molecule has 1 amide bonds. The second-order valence-electron chi connectivity index (χ2n) is 5.00. The Morgan fingerprint density at radius 3 is 2.95 bits per heavy atom. The third-order valence-electron chi connectivity index (χ3n) is 3.11. The van der Waals surface area contributed by atoms with Crippen LogP contribution in [0.1, 0.15) is 25.6 Å². The van der Waals surface area contributed by atoms with Crippen LogP contribution >= 0.6 is 0 Å². The number of amides is 1. The van der Waals surface area contributed by atoms with E-state index in [0.717, 1.165) is 13.1 Å². The average Bonchev–Trinajstić information content (AvgIpc) is 2.83. The number of nitrogen functional groups attached to an aromatic ring is 1. The van der Waals surface area contributed by atoms with Gasteiger partial charge in [-0.1, -0.05) is 6.92 Å². The van der Waals surface area contributed by atoms with Crippen LogP contribution in [0.3, 0.4) is 0 Å². The Kier molecular flexibility index (Phi) is 7.16. The van der Waals surface area contributed by atoms with E-state index in [9.17, 15) is 4.79 Å². The fourth-order valence-corrected chi connectivity index (χ4v) is 2.26. The second-order valence-corrected chi connectivity index (χ2v) is 5.00. The third-order valence-corrected chi connectivity index (χ3v) is 3.11. The first-order valence-electron chi connectivity index (χ1n) is 6.78. The second kappa shape index (κ2) is 8.90. The Morgan fingerprint density at radius 1 is 1.67 bits per heavy atom. The van der Waals surface area contributed by atoms with Gasteiger partial charge in [-0.05, 0) is 25.3 Å². The highest BCUT2D eigenvalue weighted by molar-refractivity contribution is 5.77. The van der Waals surface area contributed by atoms with Gasteiger partial charge in [-0.3, -0.25) is 19.6 Å². The van der Waals surface area contributed by atoms with Crippen molar-refractivity contribution in [1.82, 2.24) is 25.4 Å². The first kappa shape index (κ1) is 16.9. The summed E-state index contributed by atoms with van der Waals surface area (Å²) < 4.78 is 0. The highest BCUT2D eigenvalue weighted by atomic mass is 16.3. The van der Waals surface area contributed by atoms with Crippen LogP contribution in [0.15, 0.2) is 0 Å². The quantitative estimate of drug-likeness (QED) is 0.546. The van der Waals surface area contributed by atoms with E-state index in [1.54, 1.807) is 0 Å². The van der Waals surface area contributed by atoms with E-state index in [-0.39, 0.29) is 18.3 Å². The molecule has 0 saturated carbocycles. The predicted octanol–water partition coefficient (Wildman–Crippen LogP) is -0.564. The van der Waals surface area contributed by atoms with Gasteiger partial charge in [-0.15, -0.1) is 5.10 Å². The number of H-pyrrole nitrogens is 1. The molecular weight excluding hydrogens is 276 g/mol. The van der Waals surface area contributed by atoms with E-state index in [1.807, 2.05) is 0 Å². The van der Waals surface area contributed by atoms with Crippen LogP contribution in [-0.2, 0) is 16.1 Å². The topological polar surface area (TPSA) is 137 Å². The van der Waals surface area contributed by atoms with E-state index in [1.165, 1.54) is 12.8 Å². The first-order chi connectivity index (χ1) is 10.0. The lowest BCUT2D eigenvalue weighted by Gasteiger charge is -2.30. The van der Waals surface area contributed by atoms with Crippen LogP contribution in [0.4, 0.5) is 5.95 Å². The lowest BCUT2D eigenvalue weighted by atomic mass is 10.0. The summed E-state index contributed by atoms with van der Waals surface area (Å²) in [5.74, 6) is 1.47. The number of carbonyl (C=O) groups excluding carboxylic acids is 1. The number of carboxylic acid groups (broad SMARTS) is 1. The summed E-state index contributed by atoms with van der Waals surface area (Å²) in [5, 5.41) is 16.1. The van der Waals surface area contributed by atoms with Crippen molar-refractivity contribution in [2.24, 2.45) is 5.92 Å². The van der Waals surface area contributed by atoms with Crippen LogP contribution in [-0.4, -0.2) is 57.2 Å². The summed E-state index contributed by atoms with van der Waals surface area (Å²) in [6.45, 7) is 4.78. The Labute approximate surface area is 122 Å². The fraction of sp³-hybridized carbons (Fsp3) is 0.667. The molecule has 1 saturated heterocycles. The molecule has 2 heterocycles. The van der Waals surface area contributed by atoms with E-state index in [4.69, 9.17) is 15.6 Å². The maximum atomic E-state index is 11.8. The average molecular weight is 298 g/mol. The molecule has 9 nitrogen and oxygen atoms in total. The normalized spacial score (nSPS) is 18.4. The molecule has 1 aromatic rings. The third kappa shape index (κ3) is 6.70. The van der Waals surface area contributed by atoms with E-state index >= 15 is 0 Å². The lowest BCUT2D eigenvalue weighted by molar-refractivity contribution is -0.123. The first-order valence-corrected chi connectivity index (χ1v) is 6.78. The zero-order valence-corrected chi connectivity index (χ0v) is 12.1. The number of aromatic amines is 1. The van der Waals surface area contributed by atoms with Gasteiger partial charge in [0, 0.05) is 6.54 Å². The Bertz CT molecular complexity index is 450. The van der Waals surface area contributed by atoms with Crippen LogP contribution in [0.25, 0.3) is 0 Å². The van der Waals surface area contributed by atoms with E-state index < -0.39 is 0 Å². The van der Waals surface area contributed by atoms with Gasteiger partial charge in [0.05, 0.1) is 13.1 Å². The zero-order valence-electron chi connectivity index (χ0n) is 12.1. The smallest absolute Gasteiger partial charge is 0.290 e. The van der Waals surface area contributed by atoms with Crippen molar-refractivity contribution in [3.8, 4) is 0 Å². The summed E-state index contributed by atoms with van der Waals surface area (Å²) >= 11 is 0. The van der Waals surface area contributed by atoms with E-state index in [2.05, 4.69) is 32.3 Å². The van der Waals surface area contributed by atoms with Crippen molar-refractivity contribution >= 4 is 18.3 Å². The zero-order chi connectivity index (χ0) is 15.7. The van der Waals surface area contributed by atoms with Gasteiger partial charge in [-0.2, -0.15) is 4.98 Å². The number of nitrogens with two attached hydrogens (primary N) is 1. The van der Waals surface area contributed by atoms with Crippen molar-refractivity contribution < 1.29 is 14.7 Å². The van der Waals surface area contributed by atoms with Gasteiger partial charge >= 0.3 is 0 Å². The molecule has 5 N–H and O–H groups in total. The van der Waals surface area contributed by atoms with Gasteiger partial charge in [0.2, 0.25) is 11.9 Å². The summed E-state index contributed by atoms with van der Waals surface area (Å²) in [5.41, 5.74) is 5.38. The van der Waals surface area contributed by atoms with Gasteiger partial charge in [-0.25, -0.2) is 0 Å². The van der Waals surface area contributed by atoms with Crippen LogP contribution < -0.4 is 11.1 Å². The number of rotatable bonds is 4. The summed E-state index contributed by atoms with van der Waals surface area (Å²) in [4.78, 5) is 26.2. The molecule has 21 heavy (non-hydrogen) atoms. The molecule has 1 unspecified atom stereocenters. The van der Waals surface area contributed by atoms with E-state index in [0.29, 0.717) is 24.8 Å². The Morgan fingerprint density at radius 2 is 2.38 bits per heavy atom. The number of piperidine rings is 1. The summed E-state index contributed by atoms with van der Waals surface area (Å²) in [6.07, 6.45) is 2.43. The largest absolute Gasteiger partial charge is 0.483 e. The van der Waals surface area contributed by atoms with Gasteiger partial charge in [0.15, 0.2) is 0 Å². The number of nitrogens with zero attached hydrogens (tertiary/aromatic N) is 3. The molecular formula is C12H22N6O3. The number of carbonyl (C=O) groups is 2. The fourth-order valence-electron chi connectivity index (χ4n) is 2.26. The van der Waals surface area contributed by atoms with Crippen molar-refractivity contribution in [1.29, 1.82) is 0 Å². The van der Waals surface area contributed by atoms with Crippen molar-refractivity contribution in [2.75, 3.05) is 25.4 Å². The SMILES string of the molecule is CC1CCCN(CC(=O)NCc2nc(N)n[nH]2)C1.O=CO. The maximum absolute atomic E-state index is 11.8. The molecule has 1 atom stereocenters. The molecule has 1 aromatic heterocycles.